The Kier molecular flexibility index (Phi) is 4.08. The zero-order valence-corrected chi connectivity index (χ0v) is 12.1. The van der Waals surface area contributed by atoms with Crippen LogP contribution >= 0.6 is 0 Å². The van der Waals surface area contributed by atoms with Gasteiger partial charge < -0.3 is 5.11 Å². The standard InChI is InChI=1S/C16H25NO/c1-11-9-12(2)14(4)16(13(11)3)15(10-18)17-7-5-6-8-17/h9,15,18H,5-8,10H2,1-4H3. The molecule has 2 heteroatoms. The fraction of sp³-hybridized carbons (Fsp3) is 0.625. The van der Waals surface area contributed by atoms with Crippen molar-refractivity contribution in [3.8, 4) is 0 Å². The second kappa shape index (κ2) is 5.41. The summed E-state index contributed by atoms with van der Waals surface area (Å²) in [6, 6.07) is 2.44. The molecule has 1 atom stereocenters. The van der Waals surface area contributed by atoms with Crippen LogP contribution in [0.1, 0.15) is 46.7 Å². The highest BCUT2D eigenvalue weighted by Gasteiger charge is 2.26. The fourth-order valence-electron chi connectivity index (χ4n) is 3.19. The van der Waals surface area contributed by atoms with Crippen LogP contribution in [0.2, 0.25) is 0 Å². The van der Waals surface area contributed by atoms with Crippen LogP contribution in [0.5, 0.6) is 0 Å². The minimum Gasteiger partial charge on any atom is -0.394 e. The summed E-state index contributed by atoms with van der Waals surface area (Å²) in [5.74, 6) is 0. The number of aliphatic hydroxyl groups is 1. The van der Waals surface area contributed by atoms with Gasteiger partial charge in [0, 0.05) is 0 Å². The van der Waals surface area contributed by atoms with E-state index in [9.17, 15) is 5.11 Å². The smallest absolute Gasteiger partial charge is 0.0628 e. The van der Waals surface area contributed by atoms with Gasteiger partial charge in [-0.15, -0.1) is 0 Å². The van der Waals surface area contributed by atoms with Gasteiger partial charge in [-0.2, -0.15) is 0 Å². The van der Waals surface area contributed by atoms with Gasteiger partial charge in [-0.3, -0.25) is 4.90 Å². The van der Waals surface area contributed by atoms with Gasteiger partial charge in [-0.1, -0.05) is 6.07 Å². The van der Waals surface area contributed by atoms with Gasteiger partial charge in [-0.25, -0.2) is 0 Å². The highest BCUT2D eigenvalue weighted by atomic mass is 16.3. The van der Waals surface area contributed by atoms with Crippen LogP contribution in [0.3, 0.4) is 0 Å². The number of hydrogen-bond donors (Lipinski definition) is 1. The van der Waals surface area contributed by atoms with E-state index in [0.29, 0.717) is 0 Å². The Hall–Kier alpha value is -0.860. The first-order chi connectivity index (χ1) is 8.56. The molecular weight excluding hydrogens is 222 g/mol. The molecule has 0 aliphatic carbocycles. The Labute approximate surface area is 111 Å². The molecule has 1 aliphatic rings. The van der Waals surface area contributed by atoms with E-state index >= 15 is 0 Å². The normalized spacial score (nSPS) is 18.3. The molecule has 1 fully saturated rings. The van der Waals surface area contributed by atoms with E-state index in [2.05, 4.69) is 38.7 Å². The number of likely N-dealkylation sites (tertiary alicyclic amines) is 1. The van der Waals surface area contributed by atoms with Gasteiger partial charge in [0.2, 0.25) is 0 Å². The zero-order chi connectivity index (χ0) is 13.3. The largest absolute Gasteiger partial charge is 0.394 e. The lowest BCUT2D eigenvalue weighted by Crippen LogP contribution is -2.29. The second-order valence-electron chi connectivity index (χ2n) is 5.62. The molecule has 2 nitrogen and oxygen atoms in total. The average molecular weight is 247 g/mol. The Balaban J connectivity index is 2.47. The van der Waals surface area contributed by atoms with E-state index in [-0.39, 0.29) is 12.6 Å². The molecule has 1 aliphatic heterocycles. The van der Waals surface area contributed by atoms with Gasteiger partial charge in [0.05, 0.1) is 12.6 Å². The third-order valence-electron chi connectivity index (χ3n) is 4.51. The molecule has 1 saturated heterocycles. The van der Waals surface area contributed by atoms with Crippen LogP contribution in [0, 0.1) is 27.7 Å². The molecule has 1 aromatic rings. The molecule has 1 unspecified atom stereocenters. The predicted molar refractivity (Wildman–Crippen MR) is 76.0 cm³/mol. The van der Waals surface area contributed by atoms with Crippen molar-refractivity contribution < 1.29 is 5.11 Å². The number of aryl methyl sites for hydroxylation is 2. The maximum atomic E-state index is 9.83. The predicted octanol–water partition coefficient (Wildman–Crippen LogP) is 3.05. The summed E-state index contributed by atoms with van der Waals surface area (Å²) in [4.78, 5) is 2.44. The van der Waals surface area contributed by atoms with Crippen LogP contribution in [-0.4, -0.2) is 29.7 Å². The number of hydrogen-bond acceptors (Lipinski definition) is 2. The van der Waals surface area contributed by atoms with Crippen molar-refractivity contribution in [3.05, 3.63) is 33.9 Å². The van der Waals surface area contributed by atoms with Crippen molar-refractivity contribution >= 4 is 0 Å². The van der Waals surface area contributed by atoms with Crippen LogP contribution in [0.4, 0.5) is 0 Å². The van der Waals surface area contributed by atoms with Crippen molar-refractivity contribution in [2.45, 2.75) is 46.6 Å². The van der Waals surface area contributed by atoms with Gasteiger partial charge >= 0.3 is 0 Å². The zero-order valence-electron chi connectivity index (χ0n) is 12.1. The minimum atomic E-state index is 0.186. The average Bonchev–Trinajstić information content (AvgIpc) is 2.85. The molecule has 1 N–H and O–H groups in total. The summed E-state index contributed by atoms with van der Waals surface area (Å²) >= 11 is 0. The SMILES string of the molecule is Cc1cc(C)c(C)c(C(CO)N2CCCC2)c1C. The molecule has 18 heavy (non-hydrogen) atoms. The summed E-state index contributed by atoms with van der Waals surface area (Å²) in [7, 11) is 0. The molecule has 0 amide bonds. The monoisotopic (exact) mass is 247 g/mol. The van der Waals surface area contributed by atoms with E-state index in [1.807, 2.05) is 0 Å². The van der Waals surface area contributed by atoms with E-state index in [1.54, 1.807) is 0 Å². The first-order valence-electron chi connectivity index (χ1n) is 6.98. The van der Waals surface area contributed by atoms with E-state index in [1.165, 1.54) is 40.7 Å². The van der Waals surface area contributed by atoms with Gasteiger partial charge in [-0.05, 0) is 81.4 Å². The van der Waals surface area contributed by atoms with Crippen molar-refractivity contribution in [2.24, 2.45) is 0 Å². The lowest BCUT2D eigenvalue weighted by molar-refractivity contribution is 0.146. The first kappa shape index (κ1) is 13.6. The molecular formula is C16H25NO. The van der Waals surface area contributed by atoms with Crippen molar-refractivity contribution in [2.75, 3.05) is 19.7 Å². The highest BCUT2D eigenvalue weighted by Crippen LogP contribution is 2.32. The third-order valence-corrected chi connectivity index (χ3v) is 4.51. The van der Waals surface area contributed by atoms with Crippen molar-refractivity contribution in [1.29, 1.82) is 0 Å². The Morgan fingerprint density at radius 2 is 1.56 bits per heavy atom. The molecule has 0 bridgehead atoms. The molecule has 1 heterocycles. The van der Waals surface area contributed by atoms with Gasteiger partial charge in [0.1, 0.15) is 0 Å². The molecule has 0 saturated carbocycles. The van der Waals surface area contributed by atoms with E-state index < -0.39 is 0 Å². The summed E-state index contributed by atoms with van der Waals surface area (Å²) in [5, 5.41) is 9.83. The Bertz CT molecular complexity index is 407. The number of nitrogens with zero attached hydrogens (tertiary/aromatic N) is 1. The van der Waals surface area contributed by atoms with Crippen LogP contribution in [-0.2, 0) is 0 Å². The minimum absolute atomic E-state index is 0.186. The number of rotatable bonds is 3. The van der Waals surface area contributed by atoms with Crippen LogP contribution < -0.4 is 0 Å². The fourth-order valence-corrected chi connectivity index (χ4v) is 3.19. The molecule has 100 valence electrons. The third kappa shape index (κ3) is 2.32. The Morgan fingerprint density at radius 1 is 1.06 bits per heavy atom. The van der Waals surface area contributed by atoms with Crippen molar-refractivity contribution in [3.63, 3.8) is 0 Å². The maximum Gasteiger partial charge on any atom is 0.0628 e. The van der Waals surface area contributed by atoms with Crippen LogP contribution in [0.25, 0.3) is 0 Å². The van der Waals surface area contributed by atoms with Crippen LogP contribution in [0.15, 0.2) is 6.07 Å². The Morgan fingerprint density at radius 3 is 2.00 bits per heavy atom. The van der Waals surface area contributed by atoms with E-state index in [0.717, 1.165) is 13.1 Å². The van der Waals surface area contributed by atoms with E-state index in [4.69, 9.17) is 0 Å². The number of benzene rings is 1. The molecule has 0 spiro atoms. The lowest BCUT2D eigenvalue weighted by Gasteiger charge is -2.30. The molecule has 0 radical (unpaired) electrons. The highest BCUT2D eigenvalue weighted by molar-refractivity contribution is 5.45. The van der Waals surface area contributed by atoms with Gasteiger partial charge in [0.25, 0.3) is 0 Å². The molecule has 0 aromatic heterocycles. The molecule has 2 rings (SSSR count). The lowest BCUT2D eigenvalue weighted by atomic mass is 9.89. The maximum absolute atomic E-state index is 9.83. The second-order valence-corrected chi connectivity index (χ2v) is 5.62. The topological polar surface area (TPSA) is 23.5 Å². The number of aliphatic hydroxyl groups excluding tert-OH is 1. The summed E-state index contributed by atoms with van der Waals surface area (Å²) in [5.41, 5.74) is 6.74. The summed E-state index contributed by atoms with van der Waals surface area (Å²) < 4.78 is 0. The molecule has 1 aromatic carbocycles. The quantitative estimate of drug-likeness (QED) is 0.887. The van der Waals surface area contributed by atoms with Crippen molar-refractivity contribution in [1.82, 2.24) is 4.90 Å². The first-order valence-corrected chi connectivity index (χ1v) is 6.98. The van der Waals surface area contributed by atoms with Gasteiger partial charge in [0.15, 0.2) is 0 Å². The summed E-state index contributed by atoms with van der Waals surface area (Å²) in [6.07, 6.45) is 2.53. The summed E-state index contributed by atoms with van der Waals surface area (Å²) in [6.45, 7) is 11.2.